The molecule has 0 aliphatic rings. The third-order valence-corrected chi connectivity index (χ3v) is 4.81. The number of rotatable bonds is 6. The van der Waals surface area contributed by atoms with Crippen LogP contribution in [0.15, 0.2) is 18.5 Å². The van der Waals surface area contributed by atoms with Gasteiger partial charge in [-0.05, 0) is 42.9 Å². The quantitative estimate of drug-likeness (QED) is 0.636. The van der Waals surface area contributed by atoms with Crippen LogP contribution in [0.5, 0.6) is 0 Å². The van der Waals surface area contributed by atoms with Gasteiger partial charge in [-0.1, -0.05) is 40.2 Å². The first-order valence-electron chi connectivity index (χ1n) is 9.03. The van der Waals surface area contributed by atoms with E-state index in [2.05, 4.69) is 44.4 Å². The molecule has 23 heavy (non-hydrogen) atoms. The maximum atomic E-state index is 4.92. The fourth-order valence-corrected chi connectivity index (χ4v) is 3.57. The standard InChI is InChI=1S/C20H27N3/c1-5-9-12-23-13-21-19-16(8-4)22-17-11-10-14(6-2)15(7-3)18(17)20(19)23/h10-11,13H,5-9,12H2,1-4H3. The molecule has 0 fully saturated rings. The molecule has 3 aromatic rings. The number of fused-ring (bicyclic) bond motifs is 3. The molecule has 0 saturated heterocycles. The van der Waals surface area contributed by atoms with Gasteiger partial charge in [-0.3, -0.25) is 4.98 Å². The minimum atomic E-state index is 0.925. The SMILES string of the molecule is CCCCn1cnc2c(CC)nc3ccc(CC)c(CC)c3c21. The van der Waals surface area contributed by atoms with E-state index >= 15 is 0 Å². The normalized spacial score (nSPS) is 11.7. The van der Waals surface area contributed by atoms with Crippen molar-refractivity contribution >= 4 is 21.9 Å². The van der Waals surface area contributed by atoms with Crippen molar-refractivity contribution in [1.29, 1.82) is 0 Å². The van der Waals surface area contributed by atoms with Gasteiger partial charge in [0, 0.05) is 11.9 Å². The first kappa shape index (κ1) is 16.0. The topological polar surface area (TPSA) is 30.7 Å². The third kappa shape index (κ3) is 2.62. The number of aryl methyl sites for hydroxylation is 4. The second-order valence-electron chi connectivity index (χ2n) is 6.21. The lowest BCUT2D eigenvalue weighted by molar-refractivity contribution is 0.646. The maximum absolute atomic E-state index is 4.92. The molecule has 0 atom stereocenters. The molecule has 0 spiro atoms. The highest BCUT2D eigenvalue weighted by molar-refractivity contribution is 6.05. The fourth-order valence-electron chi connectivity index (χ4n) is 3.57. The van der Waals surface area contributed by atoms with Crippen molar-refractivity contribution in [2.24, 2.45) is 0 Å². The monoisotopic (exact) mass is 309 g/mol. The summed E-state index contributed by atoms with van der Waals surface area (Å²) in [5.41, 5.74) is 7.53. The van der Waals surface area contributed by atoms with E-state index in [1.165, 1.54) is 34.9 Å². The second kappa shape index (κ2) is 6.69. The molecule has 1 aromatic carbocycles. The molecule has 3 nitrogen and oxygen atoms in total. The number of hydrogen-bond donors (Lipinski definition) is 0. The van der Waals surface area contributed by atoms with E-state index in [0.29, 0.717) is 0 Å². The highest BCUT2D eigenvalue weighted by Crippen LogP contribution is 2.31. The summed E-state index contributed by atoms with van der Waals surface area (Å²) in [4.78, 5) is 9.65. The van der Waals surface area contributed by atoms with Gasteiger partial charge < -0.3 is 4.57 Å². The van der Waals surface area contributed by atoms with Crippen LogP contribution in [0.4, 0.5) is 0 Å². The Balaban J connectivity index is 2.42. The second-order valence-corrected chi connectivity index (χ2v) is 6.21. The zero-order valence-electron chi connectivity index (χ0n) is 14.8. The van der Waals surface area contributed by atoms with Gasteiger partial charge >= 0.3 is 0 Å². The Hall–Kier alpha value is -1.90. The Morgan fingerprint density at radius 3 is 2.48 bits per heavy atom. The molecular formula is C20H27N3. The van der Waals surface area contributed by atoms with Gasteiger partial charge in [0.2, 0.25) is 0 Å². The van der Waals surface area contributed by atoms with Crippen LogP contribution in [-0.2, 0) is 25.8 Å². The minimum absolute atomic E-state index is 0.925. The van der Waals surface area contributed by atoms with E-state index in [0.717, 1.165) is 42.5 Å². The number of benzene rings is 1. The highest BCUT2D eigenvalue weighted by atomic mass is 15.1. The van der Waals surface area contributed by atoms with Gasteiger partial charge in [-0.15, -0.1) is 0 Å². The lowest BCUT2D eigenvalue weighted by Gasteiger charge is -2.14. The Morgan fingerprint density at radius 2 is 1.83 bits per heavy atom. The Bertz CT molecular complexity index is 830. The molecule has 0 radical (unpaired) electrons. The zero-order chi connectivity index (χ0) is 16.4. The molecule has 0 saturated carbocycles. The molecule has 3 rings (SSSR count). The van der Waals surface area contributed by atoms with Crippen LogP contribution in [0.2, 0.25) is 0 Å². The van der Waals surface area contributed by atoms with Gasteiger partial charge in [-0.25, -0.2) is 4.98 Å². The molecule has 0 aliphatic heterocycles. The lowest BCUT2D eigenvalue weighted by atomic mass is 9.96. The van der Waals surface area contributed by atoms with Gasteiger partial charge in [0.05, 0.1) is 23.1 Å². The van der Waals surface area contributed by atoms with E-state index in [1.807, 2.05) is 6.33 Å². The summed E-state index contributed by atoms with van der Waals surface area (Å²) < 4.78 is 2.35. The summed E-state index contributed by atoms with van der Waals surface area (Å²) in [5, 5.41) is 1.33. The first-order valence-corrected chi connectivity index (χ1v) is 9.03. The smallest absolute Gasteiger partial charge is 0.111 e. The zero-order valence-corrected chi connectivity index (χ0v) is 14.8. The van der Waals surface area contributed by atoms with Crippen LogP contribution >= 0.6 is 0 Å². The predicted octanol–water partition coefficient (Wildman–Crippen LogP) is 5.07. The molecule has 3 heteroatoms. The number of nitrogens with zero attached hydrogens (tertiary/aromatic N) is 3. The molecule has 0 N–H and O–H groups in total. The average Bonchev–Trinajstić information content (AvgIpc) is 3.01. The van der Waals surface area contributed by atoms with E-state index in [-0.39, 0.29) is 0 Å². The minimum Gasteiger partial charge on any atom is -0.330 e. The van der Waals surface area contributed by atoms with Gasteiger partial charge in [-0.2, -0.15) is 0 Å². The lowest BCUT2D eigenvalue weighted by Crippen LogP contribution is -2.02. The number of pyridine rings is 1. The van der Waals surface area contributed by atoms with Crippen molar-refractivity contribution in [3.63, 3.8) is 0 Å². The number of unbranched alkanes of at least 4 members (excludes halogenated alkanes) is 1. The maximum Gasteiger partial charge on any atom is 0.111 e. The molecule has 0 bridgehead atoms. The van der Waals surface area contributed by atoms with Crippen LogP contribution < -0.4 is 0 Å². The average molecular weight is 309 g/mol. The van der Waals surface area contributed by atoms with Crippen molar-refractivity contribution in [2.45, 2.75) is 66.3 Å². The molecule has 2 heterocycles. The molecule has 0 unspecified atom stereocenters. The van der Waals surface area contributed by atoms with Crippen molar-refractivity contribution < 1.29 is 0 Å². The van der Waals surface area contributed by atoms with E-state index in [1.54, 1.807) is 0 Å². The summed E-state index contributed by atoms with van der Waals surface area (Å²) in [7, 11) is 0. The Labute approximate surface area is 138 Å². The van der Waals surface area contributed by atoms with Crippen molar-refractivity contribution in [3.8, 4) is 0 Å². The molecular weight excluding hydrogens is 282 g/mol. The summed E-state index contributed by atoms with van der Waals surface area (Å²) in [6, 6.07) is 4.45. The number of hydrogen-bond acceptors (Lipinski definition) is 2. The van der Waals surface area contributed by atoms with E-state index in [4.69, 9.17) is 9.97 Å². The van der Waals surface area contributed by atoms with E-state index < -0.39 is 0 Å². The molecule has 2 aromatic heterocycles. The number of imidazole rings is 1. The number of aromatic nitrogens is 3. The van der Waals surface area contributed by atoms with Crippen molar-refractivity contribution in [2.75, 3.05) is 0 Å². The van der Waals surface area contributed by atoms with Crippen LogP contribution in [0, 0.1) is 0 Å². The third-order valence-electron chi connectivity index (χ3n) is 4.81. The van der Waals surface area contributed by atoms with Crippen LogP contribution in [0.3, 0.4) is 0 Å². The van der Waals surface area contributed by atoms with Crippen LogP contribution in [-0.4, -0.2) is 14.5 Å². The largest absolute Gasteiger partial charge is 0.330 e. The molecule has 0 amide bonds. The Morgan fingerprint density at radius 1 is 1.00 bits per heavy atom. The Kier molecular flexibility index (Phi) is 4.65. The van der Waals surface area contributed by atoms with E-state index in [9.17, 15) is 0 Å². The van der Waals surface area contributed by atoms with Gasteiger partial charge in [0.25, 0.3) is 0 Å². The van der Waals surface area contributed by atoms with Crippen LogP contribution in [0.1, 0.15) is 57.4 Å². The summed E-state index contributed by atoms with van der Waals surface area (Å²) in [6.45, 7) is 9.93. The van der Waals surface area contributed by atoms with Gasteiger partial charge in [0.15, 0.2) is 0 Å². The first-order chi connectivity index (χ1) is 11.2. The molecule has 0 aliphatic carbocycles. The fraction of sp³-hybridized carbons (Fsp3) is 0.500. The van der Waals surface area contributed by atoms with Crippen molar-refractivity contribution in [3.05, 3.63) is 35.3 Å². The summed E-state index contributed by atoms with van der Waals surface area (Å²) in [5.74, 6) is 0. The highest BCUT2D eigenvalue weighted by Gasteiger charge is 2.16. The molecule has 122 valence electrons. The summed E-state index contributed by atoms with van der Waals surface area (Å²) in [6.07, 6.45) is 7.43. The summed E-state index contributed by atoms with van der Waals surface area (Å²) >= 11 is 0. The predicted molar refractivity (Wildman–Crippen MR) is 98.1 cm³/mol. The van der Waals surface area contributed by atoms with Crippen LogP contribution in [0.25, 0.3) is 21.9 Å². The van der Waals surface area contributed by atoms with Gasteiger partial charge in [0.1, 0.15) is 5.52 Å². The van der Waals surface area contributed by atoms with Crippen molar-refractivity contribution in [1.82, 2.24) is 14.5 Å².